The van der Waals surface area contributed by atoms with Crippen LogP contribution in [-0.4, -0.2) is 42.3 Å². The van der Waals surface area contributed by atoms with Crippen molar-refractivity contribution in [2.75, 3.05) is 6.54 Å². The highest BCUT2D eigenvalue weighted by Gasteiger charge is 2.23. The largest absolute Gasteiger partial charge is 0.355 e. The molecule has 0 bridgehead atoms. The van der Waals surface area contributed by atoms with Crippen molar-refractivity contribution in [1.82, 2.24) is 29.4 Å². The van der Waals surface area contributed by atoms with E-state index in [1.165, 1.54) is 29.0 Å². The number of hydrogen-bond acceptors (Lipinski definition) is 5. The number of amides is 1. The number of aromatic amines is 1. The van der Waals surface area contributed by atoms with Crippen molar-refractivity contribution in [2.24, 2.45) is 0 Å². The molecular formula is C21H17Cl3N6O3. The van der Waals surface area contributed by atoms with E-state index in [1.54, 1.807) is 19.1 Å². The van der Waals surface area contributed by atoms with E-state index in [-0.39, 0.29) is 29.4 Å². The molecule has 0 fully saturated rings. The lowest BCUT2D eigenvalue weighted by Gasteiger charge is -2.08. The predicted octanol–water partition coefficient (Wildman–Crippen LogP) is 3.30. The van der Waals surface area contributed by atoms with Gasteiger partial charge in [-0.05, 0) is 37.3 Å². The summed E-state index contributed by atoms with van der Waals surface area (Å²) in [5, 5.41) is 3.42. The Hall–Kier alpha value is -3.14. The Morgan fingerprint density at radius 3 is 2.64 bits per heavy atom. The summed E-state index contributed by atoms with van der Waals surface area (Å²) in [6.45, 7) is 1.83. The Morgan fingerprint density at radius 1 is 1.12 bits per heavy atom. The number of carbonyl (C=O) groups excluding carboxylic acids is 2. The number of nitrogens with zero attached hydrogens (tertiary/aromatic N) is 4. The molecule has 0 aliphatic heterocycles. The fraction of sp³-hybridized carbons (Fsp3) is 0.190. The minimum absolute atomic E-state index is 0.00718. The van der Waals surface area contributed by atoms with Crippen LogP contribution in [0.15, 0.2) is 41.3 Å². The van der Waals surface area contributed by atoms with Gasteiger partial charge in [0, 0.05) is 23.3 Å². The number of pyridine rings is 1. The lowest BCUT2D eigenvalue weighted by atomic mass is 10.1. The molecule has 170 valence electrons. The van der Waals surface area contributed by atoms with Crippen LogP contribution in [0.2, 0.25) is 15.2 Å². The highest BCUT2D eigenvalue weighted by molar-refractivity contribution is 6.37. The molecule has 9 nitrogen and oxygen atoms in total. The number of halogens is 3. The minimum Gasteiger partial charge on any atom is -0.355 e. The molecule has 0 spiro atoms. The van der Waals surface area contributed by atoms with E-state index in [2.05, 4.69) is 20.3 Å². The number of hydrogen-bond donors (Lipinski definition) is 2. The molecule has 0 aliphatic rings. The highest BCUT2D eigenvalue weighted by atomic mass is 35.5. The summed E-state index contributed by atoms with van der Waals surface area (Å²) in [5.41, 5.74) is 0.657. The lowest BCUT2D eigenvalue weighted by Crippen LogP contribution is -2.34. The average Bonchev–Trinajstić information content (AvgIpc) is 3.29. The second kappa shape index (κ2) is 9.38. The maximum Gasteiger partial charge on any atom is 0.329 e. The summed E-state index contributed by atoms with van der Waals surface area (Å²) in [6, 6.07) is 7.78. The lowest BCUT2D eigenvalue weighted by molar-refractivity contribution is -0.121. The zero-order chi connectivity index (χ0) is 23.7. The zero-order valence-electron chi connectivity index (χ0n) is 17.2. The van der Waals surface area contributed by atoms with E-state index in [4.69, 9.17) is 34.8 Å². The molecule has 0 radical (unpaired) electrons. The van der Waals surface area contributed by atoms with Crippen molar-refractivity contribution >= 4 is 57.7 Å². The molecule has 0 saturated heterocycles. The van der Waals surface area contributed by atoms with E-state index in [0.717, 1.165) is 4.57 Å². The van der Waals surface area contributed by atoms with E-state index in [1.807, 2.05) is 0 Å². The van der Waals surface area contributed by atoms with Gasteiger partial charge < -0.3 is 10.3 Å². The maximum absolute atomic E-state index is 13.3. The van der Waals surface area contributed by atoms with E-state index >= 15 is 0 Å². The Morgan fingerprint density at radius 2 is 1.91 bits per heavy atom. The fourth-order valence-electron chi connectivity index (χ4n) is 3.34. The standard InChI is InChI=1S/C21H17Cl3N6O3/c1-2-25-18(31)10-30-15(19(32)12-4-3-11(22)7-13(12)23)8-29(21(30)33)9-17-26-14-5-6-16(24)27-20(14)28-17/h3-8H,2,9-10H2,1H3,(H,25,31)(H,26,27,28). The number of imidazole rings is 2. The molecule has 0 saturated carbocycles. The van der Waals surface area contributed by atoms with Crippen molar-refractivity contribution in [3.05, 3.63) is 79.3 Å². The summed E-state index contributed by atoms with van der Waals surface area (Å²) in [7, 11) is 0. The molecular weight excluding hydrogens is 491 g/mol. The van der Waals surface area contributed by atoms with Crippen LogP contribution in [0, 0.1) is 0 Å². The van der Waals surface area contributed by atoms with Crippen molar-refractivity contribution in [3.8, 4) is 0 Å². The highest BCUT2D eigenvalue weighted by Crippen LogP contribution is 2.23. The molecule has 12 heteroatoms. The number of H-pyrrole nitrogens is 1. The Bertz CT molecular complexity index is 1440. The third-order valence-corrected chi connectivity index (χ3v) is 5.57. The van der Waals surface area contributed by atoms with Crippen LogP contribution in [0.5, 0.6) is 0 Å². The first kappa shape index (κ1) is 23.0. The van der Waals surface area contributed by atoms with Crippen LogP contribution >= 0.6 is 34.8 Å². The van der Waals surface area contributed by atoms with Crippen molar-refractivity contribution in [3.63, 3.8) is 0 Å². The second-order valence-corrected chi connectivity index (χ2v) is 8.34. The van der Waals surface area contributed by atoms with Gasteiger partial charge in [0.15, 0.2) is 5.65 Å². The zero-order valence-corrected chi connectivity index (χ0v) is 19.5. The SMILES string of the molecule is CCNC(=O)Cn1c(C(=O)c2ccc(Cl)cc2Cl)cn(Cc2nc3nc(Cl)ccc3[nH]2)c1=O. The Kier molecular flexibility index (Phi) is 6.55. The van der Waals surface area contributed by atoms with Gasteiger partial charge in [0.2, 0.25) is 11.7 Å². The third kappa shape index (κ3) is 4.80. The Balaban J connectivity index is 1.76. The van der Waals surface area contributed by atoms with Gasteiger partial charge in [0.1, 0.15) is 23.2 Å². The van der Waals surface area contributed by atoms with Crippen LogP contribution in [0.3, 0.4) is 0 Å². The number of aromatic nitrogens is 5. The molecule has 1 amide bonds. The first-order valence-corrected chi connectivity index (χ1v) is 11.0. The summed E-state index contributed by atoms with van der Waals surface area (Å²) >= 11 is 18.0. The molecule has 3 heterocycles. The molecule has 4 aromatic rings. The first-order chi connectivity index (χ1) is 15.8. The number of rotatable bonds is 7. The fourth-order valence-corrected chi connectivity index (χ4v) is 3.98. The molecule has 33 heavy (non-hydrogen) atoms. The van der Waals surface area contributed by atoms with E-state index in [9.17, 15) is 14.4 Å². The van der Waals surface area contributed by atoms with Gasteiger partial charge in [0.05, 0.1) is 17.1 Å². The summed E-state index contributed by atoms with van der Waals surface area (Å²) in [5.74, 6) is -0.494. The van der Waals surface area contributed by atoms with Crippen LogP contribution in [-0.2, 0) is 17.9 Å². The average molecular weight is 508 g/mol. The van der Waals surface area contributed by atoms with Crippen molar-refractivity contribution in [1.29, 1.82) is 0 Å². The smallest absolute Gasteiger partial charge is 0.329 e. The summed E-state index contributed by atoms with van der Waals surface area (Å²) in [6.07, 6.45) is 1.38. The van der Waals surface area contributed by atoms with Gasteiger partial charge >= 0.3 is 5.69 Å². The predicted molar refractivity (Wildman–Crippen MR) is 125 cm³/mol. The minimum atomic E-state index is -0.555. The molecule has 0 unspecified atom stereocenters. The second-order valence-electron chi connectivity index (χ2n) is 7.11. The van der Waals surface area contributed by atoms with E-state index < -0.39 is 17.4 Å². The number of fused-ring (bicyclic) bond motifs is 1. The first-order valence-electron chi connectivity index (χ1n) is 9.84. The van der Waals surface area contributed by atoms with Gasteiger partial charge in [-0.15, -0.1) is 0 Å². The van der Waals surface area contributed by atoms with Crippen molar-refractivity contribution in [2.45, 2.75) is 20.0 Å². The van der Waals surface area contributed by atoms with Gasteiger partial charge in [-0.2, -0.15) is 0 Å². The Labute approximate surface area is 202 Å². The quantitative estimate of drug-likeness (QED) is 0.294. The number of benzene rings is 1. The number of carbonyl (C=O) groups is 2. The maximum atomic E-state index is 13.3. The van der Waals surface area contributed by atoms with Crippen LogP contribution in [0.25, 0.3) is 11.2 Å². The van der Waals surface area contributed by atoms with Gasteiger partial charge in [0.25, 0.3) is 0 Å². The number of ketones is 1. The van der Waals surface area contributed by atoms with Gasteiger partial charge in [-0.1, -0.05) is 34.8 Å². The van der Waals surface area contributed by atoms with Crippen LogP contribution in [0.4, 0.5) is 0 Å². The molecule has 4 rings (SSSR count). The molecule has 0 aliphatic carbocycles. The summed E-state index contributed by atoms with van der Waals surface area (Å²) < 4.78 is 2.39. The summed E-state index contributed by atoms with van der Waals surface area (Å²) in [4.78, 5) is 50.2. The van der Waals surface area contributed by atoms with Crippen LogP contribution in [0.1, 0.15) is 28.8 Å². The monoisotopic (exact) mass is 506 g/mol. The normalized spacial score (nSPS) is 11.2. The number of likely N-dealkylation sites (N-methyl/N-ethyl adjacent to an activating group) is 1. The van der Waals surface area contributed by atoms with Gasteiger partial charge in [-0.25, -0.2) is 14.8 Å². The third-order valence-electron chi connectivity index (χ3n) is 4.81. The van der Waals surface area contributed by atoms with Crippen LogP contribution < -0.4 is 11.0 Å². The van der Waals surface area contributed by atoms with Crippen molar-refractivity contribution < 1.29 is 9.59 Å². The topological polar surface area (TPSA) is 115 Å². The molecule has 1 aromatic carbocycles. The molecule has 0 atom stereocenters. The number of nitrogens with one attached hydrogen (secondary N) is 2. The van der Waals surface area contributed by atoms with E-state index in [0.29, 0.717) is 33.7 Å². The molecule has 3 aromatic heterocycles. The molecule has 2 N–H and O–H groups in total. The van der Waals surface area contributed by atoms with Gasteiger partial charge in [-0.3, -0.25) is 18.7 Å².